The smallest absolute Gasteiger partial charge is 0.221 e. The maximum Gasteiger partial charge on any atom is 0.221 e. The fourth-order valence-corrected chi connectivity index (χ4v) is 2.77. The summed E-state index contributed by atoms with van der Waals surface area (Å²) in [6.45, 7) is 0.605. The third kappa shape index (κ3) is 3.14. The highest BCUT2D eigenvalue weighted by molar-refractivity contribution is 7.22. The molecule has 1 aliphatic rings. The predicted octanol–water partition coefficient (Wildman–Crippen LogP) is 1.96. The zero-order valence-electron chi connectivity index (χ0n) is 10.5. The lowest BCUT2D eigenvalue weighted by Gasteiger charge is -2.03. The summed E-state index contributed by atoms with van der Waals surface area (Å²) in [5.41, 5.74) is 7.41. The van der Waals surface area contributed by atoms with Gasteiger partial charge >= 0.3 is 0 Å². The second-order valence-corrected chi connectivity index (χ2v) is 5.80. The number of carbonyl (C=O) groups is 1. The topological polar surface area (TPSA) is 80.0 Å². The largest absolute Gasteiger partial charge is 0.399 e. The summed E-state index contributed by atoms with van der Waals surface area (Å²) in [4.78, 5) is 16.0. The van der Waals surface area contributed by atoms with Gasteiger partial charge in [0.25, 0.3) is 0 Å². The van der Waals surface area contributed by atoms with Gasteiger partial charge in [-0.25, -0.2) is 4.98 Å². The summed E-state index contributed by atoms with van der Waals surface area (Å²) in [5, 5.41) is 6.98. The molecule has 1 aromatic heterocycles. The van der Waals surface area contributed by atoms with Gasteiger partial charge in [0.05, 0.1) is 10.2 Å². The maximum absolute atomic E-state index is 11.5. The number of benzene rings is 1. The van der Waals surface area contributed by atoms with Crippen molar-refractivity contribution in [2.24, 2.45) is 0 Å². The van der Waals surface area contributed by atoms with Crippen molar-refractivity contribution >= 4 is 38.3 Å². The third-order valence-corrected chi connectivity index (χ3v) is 3.96. The van der Waals surface area contributed by atoms with Crippen LogP contribution in [-0.2, 0) is 4.79 Å². The minimum Gasteiger partial charge on any atom is -0.399 e. The first-order valence-electron chi connectivity index (χ1n) is 6.40. The molecule has 4 N–H and O–H groups in total. The fourth-order valence-electron chi connectivity index (χ4n) is 1.83. The molecule has 0 spiro atoms. The molecule has 0 unspecified atom stereocenters. The van der Waals surface area contributed by atoms with E-state index in [0.29, 0.717) is 19.0 Å². The summed E-state index contributed by atoms with van der Waals surface area (Å²) in [6, 6.07) is 6.09. The number of rotatable bonds is 5. The zero-order chi connectivity index (χ0) is 13.2. The third-order valence-electron chi connectivity index (χ3n) is 2.98. The molecule has 0 radical (unpaired) electrons. The number of fused-ring (bicyclic) bond motifs is 1. The quantitative estimate of drug-likeness (QED) is 0.729. The Labute approximate surface area is 115 Å². The van der Waals surface area contributed by atoms with E-state index >= 15 is 0 Å². The van der Waals surface area contributed by atoms with Gasteiger partial charge in [-0.15, -0.1) is 0 Å². The molecular weight excluding hydrogens is 260 g/mol. The lowest BCUT2D eigenvalue weighted by atomic mass is 10.3. The molecule has 1 fully saturated rings. The molecule has 1 amide bonds. The number of thiazole rings is 1. The van der Waals surface area contributed by atoms with Gasteiger partial charge in [0, 0.05) is 24.7 Å². The summed E-state index contributed by atoms with van der Waals surface area (Å²) < 4.78 is 1.06. The van der Waals surface area contributed by atoms with Gasteiger partial charge in [0.1, 0.15) is 0 Å². The molecule has 0 bridgehead atoms. The number of hydrogen-bond acceptors (Lipinski definition) is 5. The van der Waals surface area contributed by atoms with E-state index in [4.69, 9.17) is 5.73 Å². The van der Waals surface area contributed by atoms with Crippen molar-refractivity contribution in [2.75, 3.05) is 17.6 Å². The summed E-state index contributed by atoms with van der Waals surface area (Å²) in [5.74, 6) is 0.111. The number of aromatic nitrogens is 1. The monoisotopic (exact) mass is 276 g/mol. The van der Waals surface area contributed by atoms with E-state index in [2.05, 4.69) is 15.6 Å². The molecule has 0 aliphatic heterocycles. The van der Waals surface area contributed by atoms with Crippen molar-refractivity contribution in [1.29, 1.82) is 0 Å². The minimum absolute atomic E-state index is 0.111. The molecule has 100 valence electrons. The number of carbonyl (C=O) groups excluding carboxylic acids is 1. The van der Waals surface area contributed by atoms with Crippen molar-refractivity contribution in [3.05, 3.63) is 18.2 Å². The molecule has 19 heavy (non-hydrogen) atoms. The molecule has 5 nitrogen and oxygen atoms in total. The van der Waals surface area contributed by atoms with Gasteiger partial charge in [-0.2, -0.15) is 0 Å². The lowest BCUT2D eigenvalue weighted by Crippen LogP contribution is -2.27. The van der Waals surface area contributed by atoms with Crippen LogP contribution in [-0.4, -0.2) is 23.5 Å². The zero-order valence-corrected chi connectivity index (χ0v) is 11.3. The standard InChI is InChI=1S/C13H16N4OS/c14-8-1-4-10-11(7-8)19-13(17-10)15-6-5-12(18)16-9-2-3-9/h1,4,7,9H,2-3,5-6,14H2,(H,15,17)(H,16,18). The number of anilines is 2. The van der Waals surface area contributed by atoms with Crippen LogP contribution in [0.4, 0.5) is 10.8 Å². The lowest BCUT2D eigenvalue weighted by molar-refractivity contribution is -0.120. The molecule has 6 heteroatoms. The van der Waals surface area contributed by atoms with Crippen LogP contribution in [0.25, 0.3) is 10.2 Å². The summed E-state index contributed by atoms with van der Waals surface area (Å²) in [7, 11) is 0. The van der Waals surface area contributed by atoms with Gasteiger partial charge in [-0.05, 0) is 31.0 Å². The summed E-state index contributed by atoms with van der Waals surface area (Å²) in [6.07, 6.45) is 2.73. The second-order valence-electron chi connectivity index (χ2n) is 4.76. The molecule has 1 heterocycles. The highest BCUT2D eigenvalue weighted by Crippen LogP contribution is 2.27. The molecule has 0 atom stereocenters. The molecule has 0 saturated heterocycles. The number of amides is 1. The van der Waals surface area contributed by atoms with Crippen LogP contribution in [0.3, 0.4) is 0 Å². The van der Waals surface area contributed by atoms with Crippen LogP contribution in [0.15, 0.2) is 18.2 Å². The Bertz CT molecular complexity index is 606. The van der Waals surface area contributed by atoms with Crippen LogP contribution in [0.1, 0.15) is 19.3 Å². The van der Waals surface area contributed by atoms with Crippen molar-refractivity contribution in [2.45, 2.75) is 25.3 Å². The van der Waals surface area contributed by atoms with Crippen molar-refractivity contribution in [1.82, 2.24) is 10.3 Å². The van der Waals surface area contributed by atoms with Crippen molar-refractivity contribution in [3.63, 3.8) is 0 Å². The molecule has 1 saturated carbocycles. The Kier molecular flexibility index (Phi) is 3.25. The normalized spacial score (nSPS) is 14.5. The Hall–Kier alpha value is -1.82. The Morgan fingerprint density at radius 3 is 3.11 bits per heavy atom. The number of nitrogens with zero attached hydrogens (tertiary/aromatic N) is 1. The van der Waals surface area contributed by atoms with Gasteiger partial charge < -0.3 is 16.4 Å². The SMILES string of the molecule is Nc1ccc2nc(NCCC(=O)NC3CC3)sc2c1. The van der Waals surface area contributed by atoms with E-state index in [1.807, 2.05) is 18.2 Å². The van der Waals surface area contributed by atoms with E-state index in [9.17, 15) is 4.79 Å². The molecular formula is C13H16N4OS. The first-order valence-corrected chi connectivity index (χ1v) is 7.22. The Morgan fingerprint density at radius 2 is 2.32 bits per heavy atom. The fraction of sp³-hybridized carbons (Fsp3) is 0.385. The van der Waals surface area contributed by atoms with Gasteiger partial charge in [0.2, 0.25) is 5.91 Å². The van der Waals surface area contributed by atoms with Crippen LogP contribution in [0, 0.1) is 0 Å². The van der Waals surface area contributed by atoms with Crippen molar-refractivity contribution in [3.8, 4) is 0 Å². The van der Waals surface area contributed by atoms with Crippen molar-refractivity contribution < 1.29 is 4.79 Å². The highest BCUT2D eigenvalue weighted by Gasteiger charge is 2.22. The number of nitrogens with one attached hydrogen (secondary N) is 2. The van der Waals surface area contributed by atoms with Crippen LogP contribution < -0.4 is 16.4 Å². The predicted molar refractivity (Wildman–Crippen MR) is 78.3 cm³/mol. The average molecular weight is 276 g/mol. The molecule has 3 rings (SSSR count). The Morgan fingerprint density at radius 1 is 1.47 bits per heavy atom. The van der Waals surface area contributed by atoms with Crippen LogP contribution in [0.5, 0.6) is 0 Å². The minimum atomic E-state index is 0.111. The number of hydrogen-bond donors (Lipinski definition) is 3. The van der Waals surface area contributed by atoms with E-state index in [1.165, 1.54) is 0 Å². The average Bonchev–Trinajstić information content (AvgIpc) is 3.07. The maximum atomic E-state index is 11.5. The first kappa shape index (κ1) is 12.2. The van der Waals surface area contributed by atoms with Crippen LogP contribution >= 0.6 is 11.3 Å². The van der Waals surface area contributed by atoms with E-state index in [0.717, 1.165) is 33.9 Å². The van der Waals surface area contributed by atoms with E-state index in [1.54, 1.807) is 11.3 Å². The number of nitrogens with two attached hydrogens (primary N) is 1. The van der Waals surface area contributed by atoms with Gasteiger partial charge in [-0.3, -0.25) is 4.79 Å². The molecule has 1 aromatic carbocycles. The number of nitrogen functional groups attached to an aromatic ring is 1. The second kappa shape index (κ2) is 5.05. The van der Waals surface area contributed by atoms with Gasteiger partial charge in [0.15, 0.2) is 5.13 Å². The first-order chi connectivity index (χ1) is 9.20. The van der Waals surface area contributed by atoms with Gasteiger partial charge in [-0.1, -0.05) is 11.3 Å². The highest BCUT2D eigenvalue weighted by atomic mass is 32.1. The molecule has 2 aromatic rings. The Balaban J connectivity index is 1.54. The van der Waals surface area contributed by atoms with Crippen LogP contribution in [0.2, 0.25) is 0 Å². The summed E-state index contributed by atoms with van der Waals surface area (Å²) >= 11 is 1.56. The molecule has 1 aliphatic carbocycles. The van der Waals surface area contributed by atoms with E-state index < -0.39 is 0 Å². The van der Waals surface area contributed by atoms with E-state index in [-0.39, 0.29) is 5.91 Å².